The SMILES string of the molecule is NC(=NOC(=O)c1cccc(C(F)(F)F)c1)C1CSCCS1. The van der Waals surface area contributed by atoms with Gasteiger partial charge >= 0.3 is 12.1 Å². The van der Waals surface area contributed by atoms with Crippen LogP contribution in [0.1, 0.15) is 15.9 Å². The van der Waals surface area contributed by atoms with Gasteiger partial charge in [0.05, 0.1) is 16.4 Å². The van der Waals surface area contributed by atoms with E-state index in [1.165, 1.54) is 6.07 Å². The second-order valence-electron chi connectivity index (χ2n) is 4.41. The van der Waals surface area contributed by atoms with Crippen LogP contribution in [0.5, 0.6) is 0 Å². The molecular formula is C13H13F3N2O2S2. The van der Waals surface area contributed by atoms with Gasteiger partial charge in [-0.1, -0.05) is 11.2 Å². The molecule has 0 radical (unpaired) electrons. The number of halogens is 3. The molecule has 1 unspecified atom stereocenters. The monoisotopic (exact) mass is 350 g/mol. The molecule has 0 aromatic heterocycles. The fourth-order valence-corrected chi connectivity index (χ4v) is 4.27. The third kappa shape index (κ3) is 4.57. The van der Waals surface area contributed by atoms with Crippen LogP contribution in [0.15, 0.2) is 29.4 Å². The Labute approximate surface area is 133 Å². The molecule has 1 aliphatic heterocycles. The van der Waals surface area contributed by atoms with Crippen LogP contribution in [0.25, 0.3) is 0 Å². The number of hydrogen-bond acceptors (Lipinski definition) is 5. The van der Waals surface area contributed by atoms with Crippen molar-refractivity contribution >= 4 is 35.3 Å². The number of carbonyl (C=O) groups excluding carboxylic acids is 1. The summed E-state index contributed by atoms with van der Waals surface area (Å²) in [4.78, 5) is 16.4. The Morgan fingerprint density at radius 3 is 2.77 bits per heavy atom. The van der Waals surface area contributed by atoms with Gasteiger partial charge in [0, 0.05) is 17.3 Å². The average molecular weight is 350 g/mol. The lowest BCUT2D eigenvalue weighted by Gasteiger charge is -2.19. The summed E-state index contributed by atoms with van der Waals surface area (Å²) in [6.45, 7) is 0. The van der Waals surface area contributed by atoms with E-state index in [4.69, 9.17) is 5.73 Å². The highest BCUT2D eigenvalue weighted by Crippen LogP contribution is 2.29. The highest BCUT2D eigenvalue weighted by Gasteiger charge is 2.31. The molecule has 1 aliphatic rings. The van der Waals surface area contributed by atoms with Crippen LogP contribution < -0.4 is 5.73 Å². The minimum Gasteiger partial charge on any atom is -0.383 e. The van der Waals surface area contributed by atoms with Crippen molar-refractivity contribution in [3.63, 3.8) is 0 Å². The van der Waals surface area contributed by atoms with Crippen molar-refractivity contribution < 1.29 is 22.8 Å². The number of benzene rings is 1. The maximum Gasteiger partial charge on any atom is 0.416 e. The molecule has 0 aliphatic carbocycles. The first-order valence-corrected chi connectivity index (χ1v) is 8.49. The Bertz CT molecular complexity index is 573. The number of thioether (sulfide) groups is 2. The summed E-state index contributed by atoms with van der Waals surface area (Å²) in [7, 11) is 0. The molecule has 1 aromatic carbocycles. The smallest absolute Gasteiger partial charge is 0.383 e. The van der Waals surface area contributed by atoms with Crippen molar-refractivity contribution in [1.29, 1.82) is 0 Å². The lowest BCUT2D eigenvalue weighted by Crippen LogP contribution is -2.31. The zero-order valence-electron chi connectivity index (χ0n) is 11.3. The lowest BCUT2D eigenvalue weighted by atomic mass is 10.1. The molecule has 1 saturated heterocycles. The summed E-state index contributed by atoms with van der Waals surface area (Å²) in [6.07, 6.45) is -4.52. The number of alkyl halides is 3. The Balaban J connectivity index is 2.03. The van der Waals surface area contributed by atoms with Gasteiger partial charge < -0.3 is 10.6 Å². The van der Waals surface area contributed by atoms with Gasteiger partial charge in [0.2, 0.25) is 0 Å². The summed E-state index contributed by atoms with van der Waals surface area (Å²) < 4.78 is 37.8. The van der Waals surface area contributed by atoms with Gasteiger partial charge in [-0.3, -0.25) is 0 Å². The minimum atomic E-state index is -4.52. The highest BCUT2D eigenvalue weighted by atomic mass is 32.2. The van der Waals surface area contributed by atoms with Crippen LogP contribution in [-0.2, 0) is 11.0 Å². The van der Waals surface area contributed by atoms with E-state index >= 15 is 0 Å². The summed E-state index contributed by atoms with van der Waals surface area (Å²) in [5.41, 5.74) is 4.59. The first-order valence-electron chi connectivity index (χ1n) is 6.29. The average Bonchev–Trinajstić information content (AvgIpc) is 2.52. The fourth-order valence-electron chi connectivity index (χ4n) is 1.69. The molecule has 4 nitrogen and oxygen atoms in total. The number of amidine groups is 1. The molecule has 2 rings (SSSR count). The largest absolute Gasteiger partial charge is 0.416 e. The molecule has 0 spiro atoms. The molecule has 1 fully saturated rings. The summed E-state index contributed by atoms with van der Waals surface area (Å²) in [5.74, 6) is 1.91. The topological polar surface area (TPSA) is 64.7 Å². The van der Waals surface area contributed by atoms with Gasteiger partial charge in [0.1, 0.15) is 0 Å². The van der Waals surface area contributed by atoms with Crippen molar-refractivity contribution in [2.45, 2.75) is 11.4 Å². The molecule has 1 aromatic rings. The van der Waals surface area contributed by atoms with Crippen molar-refractivity contribution in [3.05, 3.63) is 35.4 Å². The zero-order chi connectivity index (χ0) is 16.2. The normalized spacial score (nSPS) is 19.8. The third-order valence-corrected chi connectivity index (χ3v) is 5.59. The quantitative estimate of drug-likeness (QED) is 0.393. The molecule has 1 atom stereocenters. The van der Waals surface area contributed by atoms with Gasteiger partial charge in [0.15, 0.2) is 5.84 Å². The number of rotatable bonds is 3. The van der Waals surface area contributed by atoms with Gasteiger partial charge in [-0.25, -0.2) is 4.79 Å². The predicted octanol–water partition coefficient (Wildman–Crippen LogP) is 2.98. The van der Waals surface area contributed by atoms with Crippen LogP contribution in [0, 0.1) is 0 Å². The number of hydrogen-bond donors (Lipinski definition) is 1. The van der Waals surface area contributed by atoms with E-state index in [1.54, 1.807) is 23.5 Å². The molecule has 9 heteroatoms. The standard InChI is InChI=1S/C13H13F3N2O2S2/c14-13(15,16)9-3-1-2-8(6-9)12(19)20-18-11(17)10-7-21-4-5-22-10/h1-3,6,10H,4-5,7H2,(H2,17,18). The number of nitrogens with two attached hydrogens (primary N) is 1. The van der Waals surface area contributed by atoms with Crippen molar-refractivity contribution in [3.8, 4) is 0 Å². The van der Waals surface area contributed by atoms with Gasteiger partial charge in [0.25, 0.3) is 0 Å². The molecule has 22 heavy (non-hydrogen) atoms. The highest BCUT2D eigenvalue weighted by molar-refractivity contribution is 8.07. The minimum absolute atomic E-state index is 0.0481. The third-order valence-electron chi connectivity index (χ3n) is 2.81. The molecular weight excluding hydrogens is 337 g/mol. The van der Waals surface area contributed by atoms with E-state index in [-0.39, 0.29) is 16.6 Å². The maximum atomic E-state index is 12.6. The van der Waals surface area contributed by atoms with Crippen LogP contribution in [0.3, 0.4) is 0 Å². The second kappa shape index (κ2) is 7.28. The lowest BCUT2D eigenvalue weighted by molar-refractivity contribution is -0.137. The summed E-state index contributed by atoms with van der Waals surface area (Å²) in [6, 6.07) is 3.97. The van der Waals surface area contributed by atoms with E-state index < -0.39 is 17.7 Å². The number of oxime groups is 1. The van der Waals surface area contributed by atoms with E-state index in [0.29, 0.717) is 0 Å². The second-order valence-corrected chi connectivity index (χ2v) is 6.87. The molecule has 0 saturated carbocycles. The summed E-state index contributed by atoms with van der Waals surface area (Å²) >= 11 is 3.33. The van der Waals surface area contributed by atoms with Gasteiger partial charge in [-0.15, -0.1) is 11.8 Å². The molecule has 2 N–H and O–H groups in total. The van der Waals surface area contributed by atoms with E-state index in [2.05, 4.69) is 9.99 Å². The molecule has 120 valence electrons. The Morgan fingerprint density at radius 2 is 2.14 bits per heavy atom. The van der Waals surface area contributed by atoms with Crippen molar-refractivity contribution in [2.24, 2.45) is 10.9 Å². The van der Waals surface area contributed by atoms with E-state index in [1.807, 2.05) is 0 Å². The predicted molar refractivity (Wildman–Crippen MR) is 82.1 cm³/mol. The number of nitrogens with zero attached hydrogens (tertiary/aromatic N) is 1. The van der Waals surface area contributed by atoms with Gasteiger partial charge in [-0.05, 0) is 18.2 Å². The first kappa shape index (κ1) is 17.0. The Morgan fingerprint density at radius 1 is 1.36 bits per heavy atom. The van der Waals surface area contributed by atoms with E-state index in [9.17, 15) is 18.0 Å². The Hall–Kier alpha value is -1.35. The van der Waals surface area contributed by atoms with Crippen molar-refractivity contribution in [1.82, 2.24) is 0 Å². The number of carbonyl (C=O) groups is 1. The van der Waals surface area contributed by atoms with Crippen LogP contribution in [-0.4, -0.2) is 34.3 Å². The van der Waals surface area contributed by atoms with Crippen LogP contribution >= 0.6 is 23.5 Å². The zero-order valence-corrected chi connectivity index (χ0v) is 12.9. The fraction of sp³-hybridized carbons (Fsp3) is 0.385. The van der Waals surface area contributed by atoms with Crippen LogP contribution in [0.2, 0.25) is 0 Å². The van der Waals surface area contributed by atoms with Gasteiger partial charge in [-0.2, -0.15) is 24.9 Å². The van der Waals surface area contributed by atoms with Crippen molar-refractivity contribution in [2.75, 3.05) is 17.3 Å². The maximum absolute atomic E-state index is 12.6. The Kier molecular flexibility index (Phi) is 5.63. The molecule has 0 bridgehead atoms. The van der Waals surface area contributed by atoms with E-state index in [0.717, 1.165) is 35.5 Å². The molecule has 0 amide bonds. The first-order chi connectivity index (χ1) is 10.4. The summed E-state index contributed by atoms with van der Waals surface area (Å²) in [5, 5.41) is 3.50. The van der Waals surface area contributed by atoms with Crippen LogP contribution in [0.4, 0.5) is 13.2 Å². The molecule has 1 heterocycles.